The van der Waals surface area contributed by atoms with Crippen LogP contribution in [0.2, 0.25) is 0 Å². The highest BCUT2D eigenvalue weighted by Crippen LogP contribution is 2.39. The van der Waals surface area contributed by atoms with Crippen molar-refractivity contribution in [2.75, 3.05) is 4.72 Å². The number of primary amides is 1. The summed E-state index contributed by atoms with van der Waals surface area (Å²) in [5, 5.41) is 0. The Bertz CT molecular complexity index is 1810. The molecule has 0 bridgehead atoms. The summed E-state index contributed by atoms with van der Waals surface area (Å²) in [5.74, 6) is -2.04. The van der Waals surface area contributed by atoms with Crippen LogP contribution in [0.15, 0.2) is 63.0 Å². The van der Waals surface area contributed by atoms with Gasteiger partial charge in [0.15, 0.2) is 0 Å². The second-order valence-corrected chi connectivity index (χ2v) is 9.68. The maximum atomic E-state index is 14.0. The summed E-state index contributed by atoms with van der Waals surface area (Å²) in [6, 6.07) is 7.37. The van der Waals surface area contributed by atoms with E-state index in [1.54, 1.807) is 0 Å². The van der Waals surface area contributed by atoms with Crippen LogP contribution >= 0.6 is 0 Å². The van der Waals surface area contributed by atoms with Gasteiger partial charge in [-0.05, 0) is 66.1 Å². The van der Waals surface area contributed by atoms with Gasteiger partial charge in [0.05, 0.1) is 21.5 Å². The van der Waals surface area contributed by atoms with Crippen molar-refractivity contribution in [1.29, 1.82) is 0 Å². The van der Waals surface area contributed by atoms with Crippen LogP contribution < -0.4 is 21.6 Å². The number of carbonyl (C=O) groups is 1. The number of hydrogen-bond acceptors (Lipinski definition) is 5. The maximum absolute atomic E-state index is 14.0. The van der Waals surface area contributed by atoms with Crippen LogP contribution in [0.1, 0.15) is 21.5 Å². The topological polar surface area (TPSA) is 155 Å². The van der Waals surface area contributed by atoms with Gasteiger partial charge in [-0.1, -0.05) is 6.07 Å². The summed E-state index contributed by atoms with van der Waals surface area (Å²) in [6.07, 6.45) is -4.99. The Labute approximate surface area is 205 Å². The molecule has 0 aliphatic carbocycles. The fourth-order valence-electron chi connectivity index (χ4n) is 3.73. The van der Waals surface area contributed by atoms with Gasteiger partial charge in [0, 0.05) is 11.3 Å². The normalized spacial score (nSPS) is 12.0. The number of benzene rings is 3. The van der Waals surface area contributed by atoms with E-state index in [2.05, 4.69) is 14.7 Å². The quantitative estimate of drug-likeness (QED) is 0.228. The van der Waals surface area contributed by atoms with Crippen LogP contribution in [0.4, 0.5) is 23.2 Å². The summed E-state index contributed by atoms with van der Waals surface area (Å²) in [4.78, 5) is 38.7. The molecule has 0 unspecified atom stereocenters. The zero-order valence-electron chi connectivity index (χ0n) is 18.7. The number of aromatic nitrogens is 2. The van der Waals surface area contributed by atoms with Gasteiger partial charge in [-0.15, -0.1) is 0 Å². The molecule has 0 saturated carbocycles. The fourth-order valence-corrected chi connectivity index (χ4v) is 5.04. The third-order valence-corrected chi connectivity index (χ3v) is 6.90. The molecule has 1 aromatic heterocycles. The van der Waals surface area contributed by atoms with Gasteiger partial charge in [-0.25, -0.2) is 12.8 Å². The number of aryl methyl sites for hydroxylation is 1. The highest BCUT2D eigenvalue weighted by Gasteiger charge is 2.34. The van der Waals surface area contributed by atoms with Crippen molar-refractivity contribution in [1.82, 2.24) is 9.97 Å². The van der Waals surface area contributed by atoms with Gasteiger partial charge >= 0.3 is 17.3 Å². The van der Waals surface area contributed by atoms with E-state index < -0.39 is 55.9 Å². The van der Waals surface area contributed by atoms with Crippen LogP contribution in [0.3, 0.4) is 0 Å². The Morgan fingerprint density at radius 1 is 0.946 bits per heavy atom. The summed E-state index contributed by atoms with van der Waals surface area (Å²) in [7, 11) is -4.48. The lowest BCUT2D eigenvalue weighted by Gasteiger charge is -2.17. The highest BCUT2D eigenvalue weighted by molar-refractivity contribution is 7.92. The first-order valence-corrected chi connectivity index (χ1v) is 11.8. The second-order valence-electron chi connectivity index (χ2n) is 8.03. The van der Waals surface area contributed by atoms with Crippen LogP contribution in [0.25, 0.3) is 22.2 Å². The fraction of sp³-hybridized carbons (Fsp3) is 0.0870. The molecule has 37 heavy (non-hydrogen) atoms. The van der Waals surface area contributed by atoms with Gasteiger partial charge in [0.25, 0.3) is 10.0 Å². The lowest BCUT2D eigenvalue weighted by Crippen LogP contribution is -2.29. The smallest absolute Gasteiger partial charge is 0.366 e. The van der Waals surface area contributed by atoms with E-state index in [9.17, 15) is 40.4 Å². The molecule has 192 valence electrons. The van der Waals surface area contributed by atoms with Gasteiger partial charge < -0.3 is 15.7 Å². The van der Waals surface area contributed by atoms with Gasteiger partial charge in [-0.2, -0.15) is 13.2 Å². The van der Waals surface area contributed by atoms with E-state index in [0.717, 1.165) is 36.4 Å². The van der Waals surface area contributed by atoms with Crippen molar-refractivity contribution in [3.63, 3.8) is 0 Å². The third kappa shape index (κ3) is 5.09. The zero-order valence-corrected chi connectivity index (χ0v) is 19.5. The SMILES string of the molecule is Cc1cc2[nH]c(=O)c(=O)[nH]c2cc1S(=O)(=O)Nc1ccc(-c2cc(F)cc(C(N)=O)c2)c(C(F)(F)F)c1. The predicted octanol–water partition coefficient (Wildman–Crippen LogP) is 3.25. The number of aromatic amines is 2. The average molecular weight is 536 g/mol. The molecule has 14 heteroatoms. The number of alkyl halides is 3. The molecule has 1 heterocycles. The summed E-state index contributed by atoms with van der Waals surface area (Å²) in [6.45, 7) is 1.39. The zero-order chi connectivity index (χ0) is 27.3. The molecule has 3 aromatic carbocycles. The summed E-state index contributed by atoms with van der Waals surface area (Å²) < 4.78 is 83.8. The van der Waals surface area contributed by atoms with Crippen LogP contribution in [-0.2, 0) is 16.2 Å². The first kappa shape index (κ1) is 25.6. The standard InChI is InChI=1S/C23H16F4N4O5S/c1-10-4-17-18(30-22(34)21(33)29-17)9-19(10)37(35,36)31-14-2-3-15(16(8-14)23(25,26)27)11-5-12(20(28)32)7-13(24)6-11/h2-9,31H,1H3,(H2,28,32)(H,29,33)(H,30,34). The lowest BCUT2D eigenvalue weighted by molar-refractivity contribution is -0.137. The Morgan fingerprint density at radius 3 is 2.16 bits per heavy atom. The molecule has 0 fully saturated rings. The molecule has 9 nitrogen and oxygen atoms in total. The van der Waals surface area contributed by atoms with Crippen LogP contribution in [0.5, 0.6) is 0 Å². The Kier molecular flexibility index (Phi) is 6.15. The van der Waals surface area contributed by atoms with Crippen molar-refractivity contribution in [3.05, 3.63) is 91.7 Å². The highest BCUT2D eigenvalue weighted by atomic mass is 32.2. The summed E-state index contributed by atoms with van der Waals surface area (Å²) in [5.41, 5.74) is 0.513. The molecule has 0 radical (unpaired) electrons. The van der Waals surface area contributed by atoms with Crippen molar-refractivity contribution in [2.45, 2.75) is 18.0 Å². The Balaban J connectivity index is 1.80. The van der Waals surface area contributed by atoms with Crippen molar-refractivity contribution < 1.29 is 30.8 Å². The Morgan fingerprint density at radius 2 is 1.57 bits per heavy atom. The van der Waals surface area contributed by atoms with Gasteiger partial charge in [0.1, 0.15) is 5.82 Å². The average Bonchev–Trinajstić information content (AvgIpc) is 2.78. The summed E-state index contributed by atoms with van der Waals surface area (Å²) >= 11 is 0. The molecule has 0 saturated heterocycles. The number of anilines is 1. The minimum Gasteiger partial charge on any atom is -0.366 e. The number of hydrogen-bond donors (Lipinski definition) is 4. The number of nitrogens with one attached hydrogen (secondary N) is 3. The maximum Gasteiger partial charge on any atom is 0.417 e. The molecule has 0 spiro atoms. The van der Waals surface area contributed by atoms with Crippen molar-refractivity contribution >= 4 is 32.7 Å². The predicted molar refractivity (Wildman–Crippen MR) is 126 cm³/mol. The van der Waals surface area contributed by atoms with E-state index >= 15 is 0 Å². The third-order valence-electron chi connectivity index (χ3n) is 5.38. The monoisotopic (exact) mass is 536 g/mol. The minimum atomic E-state index is -4.99. The van der Waals surface area contributed by atoms with E-state index in [4.69, 9.17) is 5.73 Å². The van der Waals surface area contributed by atoms with Gasteiger partial charge in [-0.3, -0.25) is 19.1 Å². The number of fused-ring (bicyclic) bond motifs is 1. The number of amides is 1. The first-order valence-electron chi connectivity index (χ1n) is 10.3. The number of carbonyl (C=O) groups excluding carboxylic acids is 1. The number of rotatable bonds is 5. The van der Waals surface area contributed by atoms with E-state index in [-0.39, 0.29) is 32.6 Å². The molecule has 0 aliphatic rings. The Hall–Kier alpha value is -4.46. The molecule has 0 atom stereocenters. The van der Waals surface area contributed by atoms with Crippen LogP contribution in [0, 0.1) is 12.7 Å². The van der Waals surface area contributed by atoms with Crippen LogP contribution in [-0.4, -0.2) is 24.3 Å². The molecule has 4 aromatic rings. The largest absolute Gasteiger partial charge is 0.417 e. The molecular weight excluding hydrogens is 520 g/mol. The van der Waals surface area contributed by atoms with E-state index in [1.807, 2.05) is 0 Å². The van der Waals surface area contributed by atoms with Gasteiger partial charge in [0.2, 0.25) is 5.91 Å². The molecule has 5 N–H and O–H groups in total. The van der Waals surface area contributed by atoms with Crippen molar-refractivity contribution in [3.8, 4) is 11.1 Å². The molecule has 1 amide bonds. The number of halogens is 4. The molecule has 0 aliphatic heterocycles. The van der Waals surface area contributed by atoms with E-state index in [0.29, 0.717) is 6.07 Å². The molecule has 4 rings (SSSR count). The number of sulfonamides is 1. The molecular formula is C23H16F4N4O5S. The van der Waals surface area contributed by atoms with Crippen molar-refractivity contribution in [2.24, 2.45) is 5.73 Å². The minimum absolute atomic E-state index is 0.0155. The first-order chi connectivity index (χ1) is 17.2. The number of nitrogens with two attached hydrogens (primary N) is 1. The lowest BCUT2D eigenvalue weighted by atomic mass is 9.97. The van der Waals surface area contributed by atoms with E-state index in [1.165, 1.54) is 13.0 Å². The number of H-pyrrole nitrogens is 2. The second kappa shape index (κ2) is 8.89.